The molecular weight excluding hydrogens is 264 g/mol. The normalized spacial score (nSPS) is 12.9. The fourth-order valence-corrected chi connectivity index (χ4v) is 2.34. The summed E-state index contributed by atoms with van der Waals surface area (Å²) < 4.78 is 0. The first-order valence-corrected chi connectivity index (χ1v) is 7.52. The van der Waals surface area contributed by atoms with Crippen LogP contribution in [0, 0.1) is 5.41 Å². The molecule has 4 nitrogen and oxygen atoms in total. The Hall–Kier alpha value is -1.55. The molecule has 1 unspecified atom stereocenters. The van der Waals surface area contributed by atoms with Crippen molar-refractivity contribution in [3.8, 4) is 0 Å². The highest BCUT2D eigenvalue weighted by Gasteiger charge is 2.21. The van der Waals surface area contributed by atoms with Gasteiger partial charge in [0.1, 0.15) is 0 Å². The molecule has 0 fully saturated rings. The SMILES string of the molecule is CCN(C)c1ccc(C(=O)NCC(C)(C)CC(C)O)cc1. The van der Waals surface area contributed by atoms with Gasteiger partial charge in [0.2, 0.25) is 0 Å². The Morgan fingerprint density at radius 1 is 1.33 bits per heavy atom. The highest BCUT2D eigenvalue weighted by molar-refractivity contribution is 5.94. The number of carbonyl (C=O) groups excluding carboxylic acids is 1. The molecule has 1 rings (SSSR count). The van der Waals surface area contributed by atoms with Gasteiger partial charge in [-0.1, -0.05) is 13.8 Å². The van der Waals surface area contributed by atoms with Crippen molar-refractivity contribution in [2.45, 2.75) is 40.2 Å². The van der Waals surface area contributed by atoms with E-state index in [9.17, 15) is 9.90 Å². The minimum absolute atomic E-state index is 0.0700. The van der Waals surface area contributed by atoms with Crippen LogP contribution in [-0.4, -0.2) is 37.3 Å². The molecule has 0 bridgehead atoms. The number of benzene rings is 1. The Bertz CT molecular complexity index is 452. The summed E-state index contributed by atoms with van der Waals surface area (Å²) in [7, 11) is 2.02. The number of anilines is 1. The number of aliphatic hydroxyl groups is 1. The summed E-state index contributed by atoms with van der Waals surface area (Å²) in [5.41, 5.74) is 1.64. The summed E-state index contributed by atoms with van der Waals surface area (Å²) in [6.45, 7) is 9.42. The summed E-state index contributed by atoms with van der Waals surface area (Å²) in [4.78, 5) is 14.3. The van der Waals surface area contributed by atoms with Gasteiger partial charge in [0, 0.05) is 31.4 Å². The fourth-order valence-electron chi connectivity index (χ4n) is 2.34. The number of hydrogen-bond donors (Lipinski definition) is 2. The number of nitrogens with one attached hydrogen (secondary N) is 1. The van der Waals surface area contributed by atoms with Crippen LogP contribution in [0.25, 0.3) is 0 Å². The Labute approximate surface area is 128 Å². The molecule has 0 aliphatic carbocycles. The predicted octanol–water partition coefficient (Wildman–Crippen LogP) is 2.67. The average Bonchev–Trinajstić information content (AvgIpc) is 2.43. The molecule has 1 aromatic carbocycles. The van der Waals surface area contributed by atoms with Gasteiger partial charge >= 0.3 is 0 Å². The molecule has 0 saturated heterocycles. The van der Waals surface area contributed by atoms with Crippen molar-refractivity contribution in [1.29, 1.82) is 0 Å². The van der Waals surface area contributed by atoms with E-state index >= 15 is 0 Å². The van der Waals surface area contributed by atoms with E-state index in [0.29, 0.717) is 18.5 Å². The van der Waals surface area contributed by atoms with Crippen LogP contribution in [0.3, 0.4) is 0 Å². The molecule has 0 aliphatic rings. The van der Waals surface area contributed by atoms with E-state index in [4.69, 9.17) is 0 Å². The zero-order valence-corrected chi connectivity index (χ0v) is 13.8. The average molecular weight is 292 g/mol. The first-order valence-electron chi connectivity index (χ1n) is 7.52. The maximum atomic E-state index is 12.1. The summed E-state index contributed by atoms with van der Waals surface area (Å²) in [6.07, 6.45) is 0.300. The molecule has 1 amide bonds. The Balaban J connectivity index is 2.60. The molecule has 21 heavy (non-hydrogen) atoms. The van der Waals surface area contributed by atoms with E-state index < -0.39 is 0 Å². The van der Waals surface area contributed by atoms with Crippen LogP contribution in [-0.2, 0) is 0 Å². The van der Waals surface area contributed by atoms with Crippen LogP contribution in [0.4, 0.5) is 5.69 Å². The largest absolute Gasteiger partial charge is 0.393 e. The van der Waals surface area contributed by atoms with E-state index in [1.165, 1.54) is 0 Å². The van der Waals surface area contributed by atoms with Gasteiger partial charge in [-0.05, 0) is 49.9 Å². The van der Waals surface area contributed by atoms with Gasteiger partial charge in [0.05, 0.1) is 6.10 Å². The smallest absolute Gasteiger partial charge is 0.251 e. The number of amides is 1. The Morgan fingerprint density at radius 3 is 2.38 bits per heavy atom. The molecule has 0 aliphatic heterocycles. The number of aliphatic hydroxyl groups excluding tert-OH is 1. The standard InChI is InChI=1S/C17H28N2O2/c1-6-19(5)15-9-7-14(8-10-15)16(21)18-12-17(3,4)11-13(2)20/h7-10,13,20H,6,11-12H2,1-5H3,(H,18,21). The van der Waals surface area contributed by atoms with Crippen LogP contribution in [0.2, 0.25) is 0 Å². The Morgan fingerprint density at radius 2 is 1.90 bits per heavy atom. The van der Waals surface area contributed by atoms with E-state index in [1.54, 1.807) is 6.92 Å². The molecule has 2 N–H and O–H groups in total. The topological polar surface area (TPSA) is 52.6 Å². The lowest BCUT2D eigenvalue weighted by molar-refractivity contribution is 0.0902. The number of rotatable bonds is 7. The second kappa shape index (κ2) is 7.46. The first kappa shape index (κ1) is 17.5. The number of nitrogens with zero attached hydrogens (tertiary/aromatic N) is 1. The summed E-state index contributed by atoms with van der Waals surface area (Å²) >= 11 is 0. The van der Waals surface area contributed by atoms with Crippen molar-refractivity contribution >= 4 is 11.6 Å². The lowest BCUT2D eigenvalue weighted by Crippen LogP contribution is -2.35. The van der Waals surface area contributed by atoms with Gasteiger partial charge < -0.3 is 15.3 Å². The molecule has 1 aromatic rings. The van der Waals surface area contributed by atoms with Crippen molar-refractivity contribution in [2.24, 2.45) is 5.41 Å². The van der Waals surface area contributed by atoms with E-state index in [2.05, 4.69) is 17.1 Å². The van der Waals surface area contributed by atoms with Crippen LogP contribution in [0.1, 0.15) is 44.5 Å². The molecule has 118 valence electrons. The highest BCUT2D eigenvalue weighted by Crippen LogP contribution is 2.21. The van der Waals surface area contributed by atoms with Crippen molar-refractivity contribution in [3.05, 3.63) is 29.8 Å². The second-order valence-corrected chi connectivity index (χ2v) is 6.46. The van der Waals surface area contributed by atoms with Gasteiger partial charge in [0.15, 0.2) is 0 Å². The zero-order valence-electron chi connectivity index (χ0n) is 13.8. The maximum Gasteiger partial charge on any atom is 0.251 e. The zero-order chi connectivity index (χ0) is 16.0. The summed E-state index contributed by atoms with van der Waals surface area (Å²) in [5, 5.41) is 12.4. The minimum atomic E-state index is -0.360. The van der Waals surface area contributed by atoms with Gasteiger partial charge in [-0.15, -0.1) is 0 Å². The lowest BCUT2D eigenvalue weighted by Gasteiger charge is -2.26. The van der Waals surface area contributed by atoms with Crippen molar-refractivity contribution in [1.82, 2.24) is 5.32 Å². The van der Waals surface area contributed by atoms with Gasteiger partial charge in [-0.3, -0.25) is 4.79 Å². The molecule has 1 atom stereocenters. The molecule has 0 aromatic heterocycles. The minimum Gasteiger partial charge on any atom is -0.393 e. The van der Waals surface area contributed by atoms with E-state index in [-0.39, 0.29) is 17.4 Å². The second-order valence-electron chi connectivity index (χ2n) is 6.46. The van der Waals surface area contributed by atoms with Crippen LogP contribution in [0.5, 0.6) is 0 Å². The third kappa shape index (κ3) is 5.76. The van der Waals surface area contributed by atoms with Crippen LogP contribution >= 0.6 is 0 Å². The third-order valence-corrected chi connectivity index (χ3v) is 3.62. The van der Waals surface area contributed by atoms with Gasteiger partial charge in [-0.25, -0.2) is 0 Å². The molecular formula is C17H28N2O2. The van der Waals surface area contributed by atoms with E-state index in [0.717, 1.165) is 12.2 Å². The van der Waals surface area contributed by atoms with Gasteiger partial charge in [0.25, 0.3) is 5.91 Å². The summed E-state index contributed by atoms with van der Waals surface area (Å²) in [6, 6.07) is 7.61. The lowest BCUT2D eigenvalue weighted by atomic mass is 9.87. The quantitative estimate of drug-likeness (QED) is 0.812. The molecule has 0 saturated carbocycles. The van der Waals surface area contributed by atoms with Gasteiger partial charge in [-0.2, -0.15) is 0 Å². The molecule has 4 heteroatoms. The van der Waals surface area contributed by atoms with Crippen LogP contribution < -0.4 is 10.2 Å². The predicted molar refractivity (Wildman–Crippen MR) is 87.8 cm³/mol. The third-order valence-electron chi connectivity index (χ3n) is 3.62. The van der Waals surface area contributed by atoms with Crippen molar-refractivity contribution in [2.75, 3.05) is 25.0 Å². The van der Waals surface area contributed by atoms with Crippen molar-refractivity contribution in [3.63, 3.8) is 0 Å². The molecule has 0 spiro atoms. The first-order chi connectivity index (χ1) is 9.75. The Kier molecular flexibility index (Phi) is 6.21. The van der Waals surface area contributed by atoms with Crippen molar-refractivity contribution < 1.29 is 9.90 Å². The van der Waals surface area contributed by atoms with Crippen LogP contribution in [0.15, 0.2) is 24.3 Å². The number of hydrogen-bond acceptors (Lipinski definition) is 3. The number of carbonyl (C=O) groups is 1. The highest BCUT2D eigenvalue weighted by atomic mass is 16.3. The van der Waals surface area contributed by atoms with E-state index in [1.807, 2.05) is 45.2 Å². The molecule has 0 radical (unpaired) electrons. The fraction of sp³-hybridized carbons (Fsp3) is 0.588. The molecule has 0 heterocycles. The maximum absolute atomic E-state index is 12.1. The summed E-state index contributed by atoms with van der Waals surface area (Å²) in [5.74, 6) is -0.0700. The monoisotopic (exact) mass is 292 g/mol.